The fourth-order valence-electron chi connectivity index (χ4n) is 2.75. The minimum atomic E-state index is -0.778. The second-order valence-corrected chi connectivity index (χ2v) is 5.00. The lowest BCUT2D eigenvalue weighted by Gasteiger charge is -2.34. The molecule has 106 valence electrons. The van der Waals surface area contributed by atoms with Gasteiger partial charge in [0, 0.05) is 30.9 Å². The Hall–Kier alpha value is -1.40. The van der Waals surface area contributed by atoms with Gasteiger partial charge in [0.05, 0.1) is 25.3 Å². The van der Waals surface area contributed by atoms with E-state index in [1.807, 2.05) is 26.4 Å². The van der Waals surface area contributed by atoms with E-state index in [9.17, 15) is 9.90 Å². The number of carbonyl (C=O) groups is 1. The third-order valence-corrected chi connectivity index (χ3v) is 3.86. The summed E-state index contributed by atoms with van der Waals surface area (Å²) in [5, 5.41) is 13.4. The van der Waals surface area contributed by atoms with E-state index in [-0.39, 0.29) is 12.1 Å². The Labute approximate surface area is 113 Å². The number of aliphatic carboxylic acids is 1. The van der Waals surface area contributed by atoms with Gasteiger partial charge in [-0.1, -0.05) is 6.92 Å². The molecule has 0 spiro atoms. The van der Waals surface area contributed by atoms with Gasteiger partial charge in [-0.2, -0.15) is 5.10 Å². The third kappa shape index (κ3) is 2.79. The first-order chi connectivity index (χ1) is 9.04. The zero-order chi connectivity index (χ0) is 14.0. The monoisotopic (exact) mass is 267 g/mol. The first-order valence-corrected chi connectivity index (χ1v) is 6.59. The molecule has 1 fully saturated rings. The molecule has 0 bridgehead atoms. The summed E-state index contributed by atoms with van der Waals surface area (Å²) >= 11 is 0. The molecule has 3 atom stereocenters. The Kier molecular flexibility index (Phi) is 4.21. The lowest BCUT2D eigenvalue weighted by Crippen LogP contribution is -2.44. The highest BCUT2D eigenvalue weighted by molar-refractivity contribution is 5.71. The number of rotatable bonds is 5. The number of hydrogen-bond acceptors (Lipinski definition) is 4. The van der Waals surface area contributed by atoms with E-state index in [0.717, 1.165) is 12.1 Å². The van der Waals surface area contributed by atoms with Crippen LogP contribution in [0.4, 0.5) is 0 Å². The average Bonchev–Trinajstić information content (AvgIpc) is 2.98. The number of aromatic nitrogens is 2. The van der Waals surface area contributed by atoms with Crippen molar-refractivity contribution >= 4 is 5.97 Å². The van der Waals surface area contributed by atoms with Crippen LogP contribution in [0.25, 0.3) is 0 Å². The van der Waals surface area contributed by atoms with Gasteiger partial charge in [0.15, 0.2) is 0 Å². The van der Waals surface area contributed by atoms with Crippen LogP contribution in [-0.2, 0) is 16.6 Å². The first-order valence-electron chi connectivity index (χ1n) is 6.59. The number of carboxylic acid groups (broad SMARTS) is 1. The number of carboxylic acids is 1. The summed E-state index contributed by atoms with van der Waals surface area (Å²) in [4.78, 5) is 13.5. The Morgan fingerprint density at radius 3 is 2.95 bits per heavy atom. The van der Waals surface area contributed by atoms with E-state index in [2.05, 4.69) is 16.9 Å². The molecule has 19 heavy (non-hydrogen) atoms. The molecule has 1 aliphatic heterocycles. The van der Waals surface area contributed by atoms with Crippen LogP contribution in [0, 0.1) is 5.92 Å². The van der Waals surface area contributed by atoms with E-state index in [0.29, 0.717) is 13.2 Å². The van der Waals surface area contributed by atoms with Crippen molar-refractivity contribution < 1.29 is 14.6 Å². The molecule has 6 nitrogen and oxygen atoms in total. The van der Waals surface area contributed by atoms with Crippen molar-refractivity contribution in [2.45, 2.75) is 25.9 Å². The second-order valence-electron chi connectivity index (χ2n) is 5.00. The number of aryl methyl sites for hydroxylation is 1. The Morgan fingerprint density at radius 2 is 2.42 bits per heavy atom. The van der Waals surface area contributed by atoms with Crippen LogP contribution in [0.2, 0.25) is 0 Å². The largest absolute Gasteiger partial charge is 0.481 e. The SMILES string of the molecule is CCN(C(C)c1cnn(C)c1)C1COCC1C(=O)O. The molecule has 0 aromatic carbocycles. The van der Waals surface area contributed by atoms with Crippen LogP contribution < -0.4 is 0 Å². The Bertz CT molecular complexity index is 446. The van der Waals surface area contributed by atoms with Crippen molar-refractivity contribution in [3.8, 4) is 0 Å². The molecule has 1 N–H and O–H groups in total. The van der Waals surface area contributed by atoms with E-state index < -0.39 is 11.9 Å². The minimum Gasteiger partial charge on any atom is -0.481 e. The fraction of sp³-hybridized carbons (Fsp3) is 0.692. The van der Waals surface area contributed by atoms with Gasteiger partial charge in [-0.25, -0.2) is 0 Å². The summed E-state index contributed by atoms with van der Waals surface area (Å²) in [6.45, 7) is 5.70. The average molecular weight is 267 g/mol. The number of ether oxygens (including phenoxy) is 1. The van der Waals surface area contributed by atoms with Crippen molar-refractivity contribution in [1.29, 1.82) is 0 Å². The smallest absolute Gasteiger partial charge is 0.310 e. The van der Waals surface area contributed by atoms with Crippen molar-refractivity contribution in [1.82, 2.24) is 14.7 Å². The van der Waals surface area contributed by atoms with E-state index in [1.54, 1.807) is 4.68 Å². The van der Waals surface area contributed by atoms with E-state index in [1.165, 1.54) is 0 Å². The van der Waals surface area contributed by atoms with Gasteiger partial charge in [-0.05, 0) is 13.5 Å². The van der Waals surface area contributed by atoms with Crippen molar-refractivity contribution in [2.24, 2.45) is 13.0 Å². The lowest BCUT2D eigenvalue weighted by atomic mass is 9.99. The summed E-state index contributed by atoms with van der Waals surface area (Å²) in [7, 11) is 1.88. The molecule has 0 aliphatic carbocycles. The van der Waals surface area contributed by atoms with Gasteiger partial charge in [-0.15, -0.1) is 0 Å². The molecule has 1 aliphatic rings. The minimum absolute atomic E-state index is 0.0716. The Balaban J connectivity index is 2.17. The van der Waals surface area contributed by atoms with Gasteiger partial charge in [-0.3, -0.25) is 14.4 Å². The summed E-state index contributed by atoms with van der Waals surface area (Å²) in [5.41, 5.74) is 1.10. The zero-order valence-corrected chi connectivity index (χ0v) is 11.6. The normalized spacial score (nSPS) is 24.8. The van der Waals surface area contributed by atoms with E-state index in [4.69, 9.17) is 4.74 Å². The molecule has 1 aromatic heterocycles. The maximum Gasteiger partial charge on any atom is 0.310 e. The van der Waals surface area contributed by atoms with Crippen LogP contribution in [0.15, 0.2) is 12.4 Å². The molecule has 0 saturated carbocycles. The third-order valence-electron chi connectivity index (χ3n) is 3.86. The van der Waals surface area contributed by atoms with Crippen molar-refractivity contribution in [3.63, 3.8) is 0 Å². The standard InChI is InChI=1S/C13H21N3O3/c1-4-16(9(2)10-5-14-15(3)6-10)12-8-19-7-11(12)13(17)18/h5-6,9,11-12H,4,7-8H2,1-3H3,(H,17,18). The fourth-order valence-corrected chi connectivity index (χ4v) is 2.75. The molecule has 2 heterocycles. The molecular formula is C13H21N3O3. The lowest BCUT2D eigenvalue weighted by molar-refractivity contribution is -0.143. The highest BCUT2D eigenvalue weighted by Gasteiger charge is 2.39. The molecule has 2 rings (SSSR count). The highest BCUT2D eigenvalue weighted by Crippen LogP contribution is 2.28. The molecule has 3 unspecified atom stereocenters. The summed E-state index contributed by atoms with van der Waals surface area (Å²) in [6, 6.07) is 0.0601. The molecule has 0 amide bonds. The second kappa shape index (κ2) is 5.71. The van der Waals surface area contributed by atoms with Crippen LogP contribution in [0.5, 0.6) is 0 Å². The van der Waals surface area contributed by atoms with Gasteiger partial charge < -0.3 is 9.84 Å². The van der Waals surface area contributed by atoms with Crippen molar-refractivity contribution in [2.75, 3.05) is 19.8 Å². The predicted octanol–water partition coefficient (Wildman–Crippen LogP) is 0.903. The van der Waals surface area contributed by atoms with Gasteiger partial charge in [0.1, 0.15) is 0 Å². The number of nitrogens with zero attached hydrogens (tertiary/aromatic N) is 3. The summed E-state index contributed by atoms with van der Waals surface area (Å²) in [6.07, 6.45) is 3.80. The molecule has 1 saturated heterocycles. The van der Waals surface area contributed by atoms with Gasteiger partial charge in [0.25, 0.3) is 0 Å². The molecular weight excluding hydrogens is 246 g/mol. The quantitative estimate of drug-likeness (QED) is 0.858. The molecule has 0 radical (unpaired) electrons. The van der Waals surface area contributed by atoms with Gasteiger partial charge in [0.2, 0.25) is 0 Å². The summed E-state index contributed by atoms with van der Waals surface area (Å²) in [5.74, 6) is -1.22. The zero-order valence-electron chi connectivity index (χ0n) is 11.6. The van der Waals surface area contributed by atoms with Crippen LogP contribution >= 0.6 is 0 Å². The molecule has 1 aromatic rings. The maximum atomic E-state index is 11.3. The number of hydrogen-bond donors (Lipinski definition) is 1. The number of likely N-dealkylation sites (N-methyl/N-ethyl adjacent to an activating group) is 1. The van der Waals surface area contributed by atoms with E-state index >= 15 is 0 Å². The van der Waals surface area contributed by atoms with Crippen LogP contribution in [-0.4, -0.2) is 51.6 Å². The topological polar surface area (TPSA) is 67.6 Å². The maximum absolute atomic E-state index is 11.3. The van der Waals surface area contributed by atoms with Crippen molar-refractivity contribution in [3.05, 3.63) is 18.0 Å². The molecule has 6 heteroatoms. The summed E-state index contributed by atoms with van der Waals surface area (Å²) < 4.78 is 7.13. The van der Waals surface area contributed by atoms with Crippen LogP contribution in [0.3, 0.4) is 0 Å². The Morgan fingerprint density at radius 1 is 1.68 bits per heavy atom. The van der Waals surface area contributed by atoms with Crippen LogP contribution in [0.1, 0.15) is 25.5 Å². The predicted molar refractivity (Wildman–Crippen MR) is 69.7 cm³/mol. The van der Waals surface area contributed by atoms with Gasteiger partial charge >= 0.3 is 5.97 Å². The highest BCUT2D eigenvalue weighted by atomic mass is 16.5. The first kappa shape index (κ1) is 14.0.